The fraction of sp³-hybridized carbons (Fsp3) is 0.857. The Labute approximate surface area is 124 Å². The number of carboxylic acids is 1. The van der Waals surface area contributed by atoms with Gasteiger partial charge in [-0.05, 0) is 38.4 Å². The second kappa shape index (κ2) is 7.09. The van der Waals surface area contributed by atoms with Crippen molar-refractivity contribution in [2.24, 2.45) is 5.92 Å². The van der Waals surface area contributed by atoms with Gasteiger partial charge in [0.2, 0.25) is 0 Å². The van der Waals surface area contributed by atoms with Crippen molar-refractivity contribution in [1.82, 2.24) is 15.1 Å². The summed E-state index contributed by atoms with van der Waals surface area (Å²) in [6.07, 6.45) is 1.47. The van der Waals surface area contributed by atoms with Gasteiger partial charge in [0.15, 0.2) is 0 Å². The molecule has 0 aromatic carbocycles. The number of likely N-dealkylation sites (tertiary alicyclic amines) is 2. The minimum Gasteiger partial charge on any atom is -0.480 e. The smallest absolute Gasteiger partial charge is 0.326 e. The number of hydrogen-bond donors (Lipinski definition) is 3. The van der Waals surface area contributed by atoms with Crippen molar-refractivity contribution >= 4 is 12.0 Å². The molecule has 2 unspecified atom stereocenters. The summed E-state index contributed by atoms with van der Waals surface area (Å²) in [7, 11) is 0. The Balaban J connectivity index is 1.78. The number of aliphatic carboxylic acids is 1. The Morgan fingerprint density at radius 1 is 1.29 bits per heavy atom. The third kappa shape index (κ3) is 4.07. The molecule has 2 heterocycles. The van der Waals surface area contributed by atoms with Crippen LogP contribution in [0.3, 0.4) is 0 Å². The predicted molar refractivity (Wildman–Crippen MR) is 77.0 cm³/mol. The van der Waals surface area contributed by atoms with E-state index in [2.05, 4.69) is 17.1 Å². The van der Waals surface area contributed by atoms with E-state index >= 15 is 0 Å². The lowest BCUT2D eigenvalue weighted by Gasteiger charge is -2.31. The van der Waals surface area contributed by atoms with Crippen LogP contribution >= 0.6 is 0 Å². The van der Waals surface area contributed by atoms with Crippen LogP contribution in [0.15, 0.2) is 0 Å². The molecule has 2 saturated heterocycles. The number of urea groups is 1. The summed E-state index contributed by atoms with van der Waals surface area (Å²) in [4.78, 5) is 26.8. The van der Waals surface area contributed by atoms with Crippen LogP contribution in [0.25, 0.3) is 0 Å². The van der Waals surface area contributed by atoms with Gasteiger partial charge in [0, 0.05) is 19.5 Å². The molecule has 21 heavy (non-hydrogen) atoms. The zero-order chi connectivity index (χ0) is 15.4. The highest BCUT2D eigenvalue weighted by molar-refractivity contribution is 5.83. The number of rotatable bonds is 4. The molecule has 2 fully saturated rings. The molecule has 0 aromatic heterocycles. The molecular formula is C14H25N3O4. The van der Waals surface area contributed by atoms with Gasteiger partial charge in [0.25, 0.3) is 0 Å². The van der Waals surface area contributed by atoms with Crippen molar-refractivity contribution in [3.05, 3.63) is 0 Å². The number of hydrogen-bond acceptors (Lipinski definition) is 4. The van der Waals surface area contributed by atoms with E-state index in [4.69, 9.17) is 5.11 Å². The molecule has 2 aliphatic heterocycles. The van der Waals surface area contributed by atoms with Crippen LogP contribution in [-0.2, 0) is 4.79 Å². The van der Waals surface area contributed by atoms with Crippen molar-refractivity contribution in [1.29, 1.82) is 0 Å². The number of aliphatic hydroxyl groups excluding tert-OH is 1. The second-order valence-corrected chi connectivity index (χ2v) is 5.96. The van der Waals surface area contributed by atoms with Crippen LogP contribution < -0.4 is 5.32 Å². The van der Waals surface area contributed by atoms with Crippen molar-refractivity contribution in [3.8, 4) is 0 Å². The van der Waals surface area contributed by atoms with Crippen LogP contribution in [-0.4, -0.2) is 76.9 Å². The summed E-state index contributed by atoms with van der Waals surface area (Å²) < 4.78 is 0. The number of aliphatic hydroxyl groups is 1. The monoisotopic (exact) mass is 299 g/mol. The summed E-state index contributed by atoms with van der Waals surface area (Å²) >= 11 is 0. The fourth-order valence-corrected chi connectivity index (χ4v) is 3.11. The van der Waals surface area contributed by atoms with E-state index in [0.29, 0.717) is 12.5 Å². The van der Waals surface area contributed by atoms with E-state index in [1.807, 2.05) is 0 Å². The number of amides is 2. The summed E-state index contributed by atoms with van der Waals surface area (Å²) in [6, 6.07) is -1.29. The number of carbonyl (C=O) groups is 2. The molecule has 2 aliphatic rings. The number of carboxylic acid groups (broad SMARTS) is 1. The normalized spacial score (nSPS) is 27.8. The van der Waals surface area contributed by atoms with Crippen molar-refractivity contribution in [2.45, 2.75) is 38.3 Å². The standard InChI is InChI=1S/C14H25N3O4/c1-2-16-5-3-10(4-6-16)8-15-14(21)17-9-11(18)7-12(17)13(19)20/h10-12,18H,2-9H2,1H3,(H,15,21)(H,19,20). The summed E-state index contributed by atoms with van der Waals surface area (Å²) in [6.45, 7) is 5.98. The zero-order valence-corrected chi connectivity index (χ0v) is 12.5. The molecule has 0 radical (unpaired) electrons. The number of carbonyl (C=O) groups excluding carboxylic acids is 1. The maximum atomic E-state index is 12.1. The Morgan fingerprint density at radius 3 is 2.52 bits per heavy atom. The first kappa shape index (κ1) is 16.0. The highest BCUT2D eigenvalue weighted by Gasteiger charge is 2.39. The zero-order valence-electron chi connectivity index (χ0n) is 12.5. The topological polar surface area (TPSA) is 93.1 Å². The molecular weight excluding hydrogens is 274 g/mol. The van der Waals surface area contributed by atoms with Crippen molar-refractivity contribution in [2.75, 3.05) is 32.7 Å². The Morgan fingerprint density at radius 2 is 1.95 bits per heavy atom. The first-order valence-corrected chi connectivity index (χ1v) is 7.69. The van der Waals surface area contributed by atoms with Crippen LogP contribution in [0.4, 0.5) is 4.79 Å². The number of nitrogens with zero attached hydrogens (tertiary/aromatic N) is 2. The SMILES string of the molecule is CCN1CCC(CNC(=O)N2CC(O)CC2C(=O)O)CC1. The molecule has 0 bridgehead atoms. The van der Waals surface area contributed by atoms with Gasteiger partial charge in [-0.3, -0.25) is 0 Å². The first-order chi connectivity index (χ1) is 10.0. The van der Waals surface area contributed by atoms with Gasteiger partial charge in [0.1, 0.15) is 6.04 Å². The molecule has 120 valence electrons. The van der Waals surface area contributed by atoms with Gasteiger partial charge in [0.05, 0.1) is 6.10 Å². The maximum Gasteiger partial charge on any atom is 0.326 e. The van der Waals surface area contributed by atoms with Gasteiger partial charge in [-0.25, -0.2) is 9.59 Å². The van der Waals surface area contributed by atoms with Crippen LogP contribution in [0.2, 0.25) is 0 Å². The minimum absolute atomic E-state index is 0.0943. The molecule has 2 atom stereocenters. The highest BCUT2D eigenvalue weighted by atomic mass is 16.4. The predicted octanol–water partition coefficient (Wildman–Crippen LogP) is -0.0523. The summed E-state index contributed by atoms with van der Waals surface area (Å²) in [5.74, 6) is -0.606. The number of β-amino-alcohol motifs (C(OH)–C–C–N with tert-alkyl or cyclic N) is 1. The average molecular weight is 299 g/mol. The van der Waals surface area contributed by atoms with E-state index < -0.39 is 18.1 Å². The number of nitrogens with one attached hydrogen (secondary N) is 1. The summed E-state index contributed by atoms with van der Waals surface area (Å²) in [5, 5.41) is 21.5. The molecule has 0 aromatic rings. The quantitative estimate of drug-likeness (QED) is 0.677. The third-order valence-electron chi connectivity index (χ3n) is 4.52. The lowest BCUT2D eigenvalue weighted by atomic mass is 9.97. The lowest BCUT2D eigenvalue weighted by molar-refractivity contribution is -0.141. The van der Waals surface area contributed by atoms with Gasteiger partial charge in [-0.15, -0.1) is 0 Å². The van der Waals surface area contributed by atoms with Gasteiger partial charge in [-0.2, -0.15) is 0 Å². The minimum atomic E-state index is -1.06. The van der Waals surface area contributed by atoms with Crippen molar-refractivity contribution in [3.63, 3.8) is 0 Å². The van der Waals surface area contributed by atoms with Gasteiger partial charge < -0.3 is 25.3 Å². The molecule has 0 saturated carbocycles. The van der Waals surface area contributed by atoms with Gasteiger partial charge in [-0.1, -0.05) is 6.92 Å². The Hall–Kier alpha value is -1.34. The largest absolute Gasteiger partial charge is 0.480 e. The molecule has 7 heteroatoms. The first-order valence-electron chi connectivity index (χ1n) is 7.69. The Bertz CT molecular complexity index is 382. The van der Waals surface area contributed by atoms with E-state index in [-0.39, 0.29) is 19.0 Å². The van der Waals surface area contributed by atoms with Crippen molar-refractivity contribution < 1.29 is 19.8 Å². The molecule has 7 nitrogen and oxygen atoms in total. The maximum absolute atomic E-state index is 12.1. The average Bonchev–Trinajstić information content (AvgIpc) is 2.87. The van der Waals surface area contributed by atoms with E-state index in [0.717, 1.165) is 32.5 Å². The molecule has 2 amide bonds. The number of piperidine rings is 1. The molecule has 0 aliphatic carbocycles. The van der Waals surface area contributed by atoms with E-state index in [1.54, 1.807) is 0 Å². The molecule has 0 spiro atoms. The van der Waals surface area contributed by atoms with Crippen LogP contribution in [0.1, 0.15) is 26.2 Å². The van der Waals surface area contributed by atoms with Crippen LogP contribution in [0, 0.1) is 5.92 Å². The fourth-order valence-electron chi connectivity index (χ4n) is 3.11. The molecule has 2 rings (SSSR count). The van der Waals surface area contributed by atoms with Crippen LogP contribution in [0.5, 0.6) is 0 Å². The second-order valence-electron chi connectivity index (χ2n) is 5.96. The molecule has 3 N–H and O–H groups in total. The third-order valence-corrected chi connectivity index (χ3v) is 4.52. The van der Waals surface area contributed by atoms with E-state index in [9.17, 15) is 14.7 Å². The Kier molecular flexibility index (Phi) is 5.41. The lowest BCUT2D eigenvalue weighted by Crippen LogP contribution is -2.48. The highest BCUT2D eigenvalue weighted by Crippen LogP contribution is 2.19. The van der Waals surface area contributed by atoms with E-state index in [1.165, 1.54) is 4.90 Å². The van der Waals surface area contributed by atoms with Gasteiger partial charge >= 0.3 is 12.0 Å². The summed E-state index contributed by atoms with van der Waals surface area (Å²) in [5.41, 5.74) is 0.